The van der Waals surface area contributed by atoms with Crippen LogP contribution < -0.4 is 10.6 Å². The monoisotopic (exact) mass is 324 g/mol. The van der Waals surface area contributed by atoms with Crippen molar-refractivity contribution in [1.82, 2.24) is 5.32 Å². The van der Waals surface area contributed by atoms with E-state index in [2.05, 4.69) is 36.6 Å². The summed E-state index contributed by atoms with van der Waals surface area (Å²) in [5.74, 6) is 0.215. The molecule has 126 valence electrons. The lowest BCUT2D eigenvalue weighted by Crippen LogP contribution is -2.33. The first-order valence-corrected chi connectivity index (χ1v) is 8.16. The first kappa shape index (κ1) is 17.9. The molecular formula is C20H24N2O2. The summed E-state index contributed by atoms with van der Waals surface area (Å²) >= 11 is 0. The van der Waals surface area contributed by atoms with Crippen LogP contribution in [0.1, 0.15) is 42.7 Å². The molecule has 1 amide bonds. The summed E-state index contributed by atoms with van der Waals surface area (Å²) in [6.07, 6.45) is 0. The van der Waals surface area contributed by atoms with E-state index in [4.69, 9.17) is 0 Å². The summed E-state index contributed by atoms with van der Waals surface area (Å²) in [7, 11) is 0. The van der Waals surface area contributed by atoms with Gasteiger partial charge in [0.1, 0.15) is 0 Å². The molecule has 0 aliphatic carbocycles. The van der Waals surface area contributed by atoms with Crippen LogP contribution in [-0.2, 0) is 4.79 Å². The molecule has 2 rings (SSSR count). The maximum absolute atomic E-state index is 12.2. The lowest BCUT2D eigenvalue weighted by molar-refractivity contribution is -0.115. The molecule has 0 aromatic heterocycles. The second kappa shape index (κ2) is 8.41. The number of benzene rings is 2. The molecule has 2 N–H and O–H groups in total. The van der Waals surface area contributed by atoms with Crippen molar-refractivity contribution >= 4 is 17.4 Å². The average Bonchev–Trinajstić information content (AvgIpc) is 2.56. The van der Waals surface area contributed by atoms with E-state index in [9.17, 15) is 9.59 Å². The molecule has 0 heterocycles. The molecule has 0 spiro atoms. The molecule has 24 heavy (non-hydrogen) atoms. The fourth-order valence-corrected chi connectivity index (χ4v) is 2.62. The van der Waals surface area contributed by atoms with Crippen molar-refractivity contribution in [3.8, 4) is 0 Å². The number of carbonyl (C=O) groups excluding carboxylic acids is 2. The molecule has 4 nitrogen and oxygen atoms in total. The van der Waals surface area contributed by atoms with Gasteiger partial charge in [0.2, 0.25) is 5.91 Å². The first-order valence-electron chi connectivity index (χ1n) is 8.16. The highest BCUT2D eigenvalue weighted by atomic mass is 16.2. The lowest BCUT2D eigenvalue weighted by atomic mass is 9.96. The van der Waals surface area contributed by atoms with Crippen molar-refractivity contribution in [2.75, 3.05) is 11.9 Å². The maximum atomic E-state index is 12.2. The Morgan fingerprint density at radius 3 is 2.33 bits per heavy atom. The molecular weight excluding hydrogens is 300 g/mol. The standard InChI is InChI=1S/C20H24N2O2/c1-14(2)20(16-8-5-4-6-9-16)21-13-19(24)22-18-11-7-10-17(12-18)15(3)23/h4-12,14,20-21H,13H2,1-3H3,(H,22,24)/t20-/m0/s1. The van der Waals surface area contributed by atoms with Gasteiger partial charge in [-0.1, -0.05) is 56.3 Å². The van der Waals surface area contributed by atoms with Gasteiger partial charge in [-0.05, 0) is 30.5 Å². The van der Waals surface area contributed by atoms with Crippen molar-refractivity contribution in [2.45, 2.75) is 26.8 Å². The zero-order valence-corrected chi connectivity index (χ0v) is 14.4. The second-order valence-electron chi connectivity index (χ2n) is 6.20. The van der Waals surface area contributed by atoms with E-state index >= 15 is 0 Å². The van der Waals surface area contributed by atoms with Crippen LogP contribution in [0, 0.1) is 5.92 Å². The highest BCUT2D eigenvalue weighted by Gasteiger charge is 2.16. The number of Topliss-reactive ketones (excluding diaryl/α,β-unsaturated/α-hetero) is 1. The molecule has 2 aromatic rings. The molecule has 4 heteroatoms. The molecule has 0 saturated heterocycles. The van der Waals surface area contributed by atoms with Gasteiger partial charge in [0.15, 0.2) is 5.78 Å². The van der Waals surface area contributed by atoms with Crippen LogP contribution in [0.4, 0.5) is 5.69 Å². The Labute approximate surface area is 143 Å². The minimum atomic E-state index is -0.128. The van der Waals surface area contributed by atoms with Crippen molar-refractivity contribution in [2.24, 2.45) is 5.92 Å². The fourth-order valence-electron chi connectivity index (χ4n) is 2.62. The highest BCUT2D eigenvalue weighted by Crippen LogP contribution is 2.21. The molecule has 1 atom stereocenters. The number of hydrogen-bond acceptors (Lipinski definition) is 3. The van der Waals surface area contributed by atoms with Gasteiger partial charge in [-0.3, -0.25) is 9.59 Å². The van der Waals surface area contributed by atoms with Crippen LogP contribution in [0.2, 0.25) is 0 Å². The third kappa shape index (κ3) is 5.03. The smallest absolute Gasteiger partial charge is 0.238 e. The maximum Gasteiger partial charge on any atom is 0.238 e. The van der Waals surface area contributed by atoms with E-state index in [1.165, 1.54) is 12.5 Å². The minimum absolute atomic E-state index is 0.0202. The number of rotatable bonds is 7. The Hall–Kier alpha value is -2.46. The number of carbonyl (C=O) groups is 2. The SMILES string of the molecule is CC(=O)c1cccc(NC(=O)CN[C@H](c2ccccc2)C(C)C)c1. The van der Waals surface area contributed by atoms with Gasteiger partial charge in [-0.15, -0.1) is 0 Å². The first-order chi connectivity index (χ1) is 11.5. The summed E-state index contributed by atoms with van der Waals surface area (Å²) in [5, 5.41) is 6.14. The van der Waals surface area contributed by atoms with E-state index in [0.717, 1.165) is 0 Å². The van der Waals surface area contributed by atoms with Gasteiger partial charge in [0.25, 0.3) is 0 Å². The Morgan fingerprint density at radius 2 is 1.71 bits per heavy atom. The number of ketones is 1. The van der Waals surface area contributed by atoms with Gasteiger partial charge >= 0.3 is 0 Å². The molecule has 0 saturated carbocycles. The van der Waals surface area contributed by atoms with Crippen molar-refractivity contribution in [1.29, 1.82) is 0 Å². The van der Waals surface area contributed by atoms with Crippen molar-refractivity contribution < 1.29 is 9.59 Å². The van der Waals surface area contributed by atoms with Crippen molar-refractivity contribution in [3.63, 3.8) is 0 Å². The zero-order valence-electron chi connectivity index (χ0n) is 14.4. The minimum Gasteiger partial charge on any atom is -0.325 e. The molecule has 0 radical (unpaired) electrons. The van der Waals surface area contributed by atoms with Gasteiger partial charge < -0.3 is 10.6 Å². The summed E-state index contributed by atoms with van der Waals surface area (Å²) in [6, 6.07) is 17.2. The van der Waals surface area contributed by atoms with Gasteiger partial charge in [0.05, 0.1) is 6.54 Å². The van der Waals surface area contributed by atoms with Crippen LogP contribution in [0.5, 0.6) is 0 Å². The average molecular weight is 324 g/mol. The molecule has 0 unspecified atom stereocenters. The largest absolute Gasteiger partial charge is 0.325 e. The zero-order chi connectivity index (χ0) is 17.5. The van der Waals surface area contributed by atoms with E-state index in [1.807, 2.05) is 18.2 Å². The van der Waals surface area contributed by atoms with Crippen LogP contribution in [-0.4, -0.2) is 18.2 Å². The van der Waals surface area contributed by atoms with Crippen LogP contribution in [0.25, 0.3) is 0 Å². The van der Waals surface area contributed by atoms with E-state index < -0.39 is 0 Å². The summed E-state index contributed by atoms with van der Waals surface area (Å²) in [4.78, 5) is 23.6. The van der Waals surface area contributed by atoms with Crippen LogP contribution in [0.15, 0.2) is 54.6 Å². The molecule has 0 bridgehead atoms. The molecule has 0 fully saturated rings. The summed E-state index contributed by atoms with van der Waals surface area (Å²) in [5.41, 5.74) is 2.39. The quantitative estimate of drug-likeness (QED) is 0.761. The number of amides is 1. The van der Waals surface area contributed by atoms with Crippen LogP contribution in [0.3, 0.4) is 0 Å². The predicted octanol–water partition coefficient (Wildman–Crippen LogP) is 3.81. The third-order valence-corrected chi connectivity index (χ3v) is 3.86. The predicted molar refractivity (Wildman–Crippen MR) is 97.1 cm³/mol. The Kier molecular flexibility index (Phi) is 6.27. The summed E-state index contributed by atoms with van der Waals surface area (Å²) in [6.45, 7) is 5.97. The normalized spacial score (nSPS) is 12.0. The number of anilines is 1. The van der Waals surface area contributed by atoms with Crippen molar-refractivity contribution in [3.05, 3.63) is 65.7 Å². The molecule has 2 aromatic carbocycles. The topological polar surface area (TPSA) is 58.2 Å². The highest BCUT2D eigenvalue weighted by molar-refractivity contribution is 5.97. The van der Waals surface area contributed by atoms with Gasteiger partial charge in [-0.25, -0.2) is 0 Å². The molecule has 0 aliphatic rings. The van der Waals surface area contributed by atoms with E-state index in [1.54, 1.807) is 24.3 Å². The Morgan fingerprint density at radius 1 is 1.00 bits per heavy atom. The number of hydrogen-bond donors (Lipinski definition) is 2. The fraction of sp³-hybridized carbons (Fsp3) is 0.300. The third-order valence-electron chi connectivity index (χ3n) is 3.86. The van der Waals surface area contributed by atoms with E-state index in [-0.39, 0.29) is 24.3 Å². The number of nitrogens with one attached hydrogen (secondary N) is 2. The lowest BCUT2D eigenvalue weighted by Gasteiger charge is -2.22. The second-order valence-corrected chi connectivity index (χ2v) is 6.20. The van der Waals surface area contributed by atoms with Gasteiger partial charge in [-0.2, -0.15) is 0 Å². The molecule has 0 aliphatic heterocycles. The van der Waals surface area contributed by atoms with Gasteiger partial charge in [0, 0.05) is 17.3 Å². The summed E-state index contributed by atoms with van der Waals surface area (Å²) < 4.78 is 0. The Balaban J connectivity index is 1.96. The van der Waals surface area contributed by atoms with Crippen LogP contribution >= 0.6 is 0 Å². The van der Waals surface area contributed by atoms with E-state index in [0.29, 0.717) is 17.2 Å². The Bertz CT molecular complexity index is 696.